The van der Waals surface area contributed by atoms with Crippen LogP contribution in [0.2, 0.25) is 0 Å². The molecule has 0 unspecified atom stereocenters. The molecule has 3 aromatic heterocycles. The van der Waals surface area contributed by atoms with Crippen molar-refractivity contribution in [2.75, 3.05) is 17.7 Å². The number of nitrogens with zero attached hydrogens (tertiary/aromatic N) is 5. The van der Waals surface area contributed by atoms with Crippen LogP contribution in [0.4, 0.5) is 27.4 Å². The Morgan fingerprint density at radius 1 is 1.05 bits per heavy atom. The highest BCUT2D eigenvalue weighted by Gasteiger charge is 2.22. The highest BCUT2D eigenvalue weighted by atomic mass is 19.1. The summed E-state index contributed by atoms with van der Waals surface area (Å²) in [5.41, 5.74) is 1.24. The summed E-state index contributed by atoms with van der Waals surface area (Å²) in [4.78, 5) is 23.3. The number of pyridine rings is 2. The lowest BCUT2D eigenvalue weighted by Crippen LogP contribution is -2.50. The third-order valence-corrected chi connectivity index (χ3v) is 5.76. The Morgan fingerprint density at radius 3 is 2.40 bits per heavy atom. The first-order chi connectivity index (χ1) is 18.7. The van der Waals surface area contributed by atoms with Crippen molar-refractivity contribution in [3.8, 4) is 17.0 Å². The molecule has 0 bridgehead atoms. The van der Waals surface area contributed by atoms with E-state index in [-0.39, 0.29) is 17.2 Å². The molecule has 0 spiro atoms. The Hall–Kier alpha value is -4.39. The van der Waals surface area contributed by atoms with Crippen molar-refractivity contribution in [2.24, 2.45) is 7.05 Å². The number of ether oxygens (including phenoxy) is 1. The van der Waals surface area contributed by atoms with Crippen LogP contribution in [-0.4, -0.2) is 71.9 Å². The summed E-state index contributed by atoms with van der Waals surface area (Å²) in [5, 5.41) is 27.4. The van der Waals surface area contributed by atoms with E-state index in [2.05, 4.69) is 36.1 Å². The van der Waals surface area contributed by atoms with Crippen molar-refractivity contribution < 1.29 is 19.0 Å². The predicted molar refractivity (Wildman–Crippen MR) is 159 cm³/mol. The van der Waals surface area contributed by atoms with Crippen LogP contribution < -0.4 is 20.7 Å². The van der Waals surface area contributed by atoms with Crippen LogP contribution in [-0.2, 0) is 12.6 Å². The van der Waals surface area contributed by atoms with Crippen molar-refractivity contribution in [2.45, 2.75) is 24.7 Å². The molecule has 204 valence electrons. The number of methoxy groups -OCH3 is 1. The molecule has 3 heterocycles. The van der Waals surface area contributed by atoms with Crippen molar-refractivity contribution in [1.82, 2.24) is 30.3 Å². The first kappa shape index (κ1) is 28.6. The highest BCUT2D eigenvalue weighted by molar-refractivity contribution is 6.60. The van der Waals surface area contributed by atoms with E-state index in [0.29, 0.717) is 39.9 Å². The Bertz CT molecular complexity index is 1550. The van der Waals surface area contributed by atoms with Gasteiger partial charge < -0.3 is 25.8 Å². The van der Waals surface area contributed by atoms with Gasteiger partial charge in [0.2, 0.25) is 0 Å². The first-order valence-corrected chi connectivity index (χ1v) is 12.5. The van der Waals surface area contributed by atoms with Gasteiger partial charge in [0, 0.05) is 31.6 Å². The summed E-state index contributed by atoms with van der Waals surface area (Å²) >= 11 is 0. The summed E-state index contributed by atoms with van der Waals surface area (Å²) in [5.74, 6) is 0.207. The number of carbonyl (C=O) groups excluding carboxylic acids is 1. The molecule has 40 heavy (non-hydrogen) atoms. The van der Waals surface area contributed by atoms with Crippen molar-refractivity contribution in [3.05, 3.63) is 65.9 Å². The van der Waals surface area contributed by atoms with Crippen LogP contribution in [0.1, 0.15) is 29.8 Å². The van der Waals surface area contributed by atoms with Gasteiger partial charge >= 0.3 is 0 Å². The minimum absolute atomic E-state index is 0.228. The zero-order valence-electron chi connectivity index (χ0n) is 23.5. The summed E-state index contributed by atoms with van der Waals surface area (Å²) in [6.45, 7) is 3.35. The number of aryl methyl sites for hydroxylation is 1. The summed E-state index contributed by atoms with van der Waals surface area (Å²) in [6, 6.07) is 7.62. The first-order valence-electron chi connectivity index (χ1n) is 12.5. The van der Waals surface area contributed by atoms with Crippen LogP contribution in [0, 0.1) is 5.82 Å². The molecule has 1 aromatic carbocycles. The van der Waals surface area contributed by atoms with E-state index in [0.717, 1.165) is 0 Å². The zero-order chi connectivity index (χ0) is 29.2. The molecular formula is C25H30B3FN8O3. The minimum Gasteiger partial charge on any atom is -0.494 e. The zero-order valence-corrected chi connectivity index (χ0v) is 23.5. The second kappa shape index (κ2) is 11.0. The second-order valence-corrected chi connectivity index (χ2v) is 10.8. The fraction of sp³-hybridized carbons (Fsp3) is 0.240. The monoisotopic (exact) mass is 542 g/mol. The van der Waals surface area contributed by atoms with E-state index < -0.39 is 16.7 Å². The maximum Gasteiger partial charge on any atom is 0.253 e. The van der Waals surface area contributed by atoms with Crippen molar-refractivity contribution >= 4 is 52.5 Å². The molecule has 15 heteroatoms. The van der Waals surface area contributed by atoms with E-state index in [9.17, 15) is 14.3 Å². The number of amides is 1. The van der Waals surface area contributed by atoms with E-state index in [4.69, 9.17) is 4.74 Å². The Balaban J connectivity index is 1.78. The van der Waals surface area contributed by atoms with E-state index in [1.807, 2.05) is 23.5 Å². The molecule has 0 aliphatic carbocycles. The third-order valence-electron chi connectivity index (χ3n) is 5.76. The molecule has 0 aliphatic heterocycles. The summed E-state index contributed by atoms with van der Waals surface area (Å²) in [6.07, 6.45) is 4.50. The van der Waals surface area contributed by atoms with E-state index >= 15 is 0 Å². The molecule has 0 radical (unpaired) electrons. The number of hydrogen-bond donors (Lipinski definition) is 4. The number of anilines is 4. The molecular weight excluding hydrogens is 512 g/mol. The van der Waals surface area contributed by atoms with Gasteiger partial charge in [-0.05, 0) is 42.8 Å². The largest absolute Gasteiger partial charge is 0.494 e. The molecule has 0 saturated carbocycles. The van der Waals surface area contributed by atoms with Crippen LogP contribution in [0.25, 0.3) is 11.3 Å². The van der Waals surface area contributed by atoms with Gasteiger partial charge in [-0.15, -0.1) is 0 Å². The molecule has 0 saturated heterocycles. The molecule has 0 fully saturated rings. The summed E-state index contributed by atoms with van der Waals surface area (Å²) < 4.78 is 20.5. The Morgan fingerprint density at radius 2 is 1.77 bits per heavy atom. The summed E-state index contributed by atoms with van der Waals surface area (Å²) in [7, 11) is 8.72. The molecule has 0 atom stereocenters. The molecule has 1 amide bonds. The number of carbonyl (C=O) groups is 1. The van der Waals surface area contributed by atoms with Gasteiger partial charge in [-0.3, -0.25) is 4.79 Å². The maximum absolute atomic E-state index is 14.8. The van der Waals surface area contributed by atoms with Crippen LogP contribution in [0.5, 0.6) is 5.75 Å². The van der Waals surface area contributed by atoms with Gasteiger partial charge in [-0.1, -0.05) is 0 Å². The fourth-order valence-corrected chi connectivity index (χ4v) is 3.94. The normalized spacial score (nSPS) is 11.7. The number of aliphatic hydroxyl groups is 1. The topological polar surface area (TPSA) is 139 Å². The molecule has 4 N–H and O–H groups in total. The Kier molecular flexibility index (Phi) is 7.87. The van der Waals surface area contributed by atoms with Crippen LogP contribution in [0.3, 0.4) is 0 Å². The van der Waals surface area contributed by atoms with Gasteiger partial charge in [-0.2, -0.15) is 15.0 Å². The predicted octanol–water partition coefficient (Wildman–Crippen LogP) is 0.375. The highest BCUT2D eigenvalue weighted by Crippen LogP contribution is 2.39. The maximum atomic E-state index is 14.8. The number of halogens is 1. The molecule has 0 aliphatic rings. The molecule has 11 nitrogen and oxygen atoms in total. The number of aromatic nitrogens is 5. The van der Waals surface area contributed by atoms with Gasteiger partial charge in [0.05, 0.1) is 41.4 Å². The lowest BCUT2D eigenvalue weighted by Gasteiger charge is -2.23. The average molecular weight is 542 g/mol. The number of hydrogen-bond acceptors (Lipinski definition) is 9. The average Bonchev–Trinajstić information content (AvgIpc) is 3.28. The van der Waals surface area contributed by atoms with Gasteiger partial charge in [0.15, 0.2) is 5.75 Å². The third kappa shape index (κ3) is 6.78. The standard InChI is InChI=1S/C25H30B3FN8O3/c1-24(2,39)13-5-6-30-20(7-13)34-21-10-17(16(11-31-21)23(38)35-25(26,27)28)33-18-9-14(29)8-15(22(18)40-4)19-12-32-37(3)36-19/h5-12,39H,26-28H2,1-4H3,(H,35,38)(H2,30,31,33,34). The van der Waals surface area contributed by atoms with Gasteiger partial charge in [-0.25, -0.2) is 14.4 Å². The fourth-order valence-electron chi connectivity index (χ4n) is 3.94. The smallest absolute Gasteiger partial charge is 0.253 e. The lowest BCUT2D eigenvalue weighted by atomic mass is 9.49. The van der Waals surface area contributed by atoms with E-state index in [1.54, 1.807) is 45.3 Å². The van der Waals surface area contributed by atoms with Crippen LogP contribution in [0.15, 0.2) is 48.9 Å². The minimum atomic E-state index is -1.07. The van der Waals surface area contributed by atoms with Gasteiger partial charge in [0.25, 0.3) is 5.91 Å². The van der Waals surface area contributed by atoms with E-state index in [1.165, 1.54) is 36.4 Å². The SMILES string of the molecule is BC(B)(B)NC(=O)c1cnc(Nc2cc(C(C)(C)O)ccn2)cc1Nc1cc(F)cc(-c2cnn(C)n2)c1OC. The van der Waals surface area contributed by atoms with Gasteiger partial charge in [0.1, 0.15) is 46.7 Å². The van der Waals surface area contributed by atoms with Crippen LogP contribution >= 0.6 is 0 Å². The van der Waals surface area contributed by atoms with Crippen molar-refractivity contribution in [3.63, 3.8) is 0 Å². The Labute approximate surface area is 234 Å². The second-order valence-electron chi connectivity index (χ2n) is 10.8. The molecule has 4 aromatic rings. The lowest BCUT2D eigenvalue weighted by molar-refractivity contribution is 0.0785. The quantitative estimate of drug-likeness (QED) is 0.221. The number of rotatable bonds is 9. The molecule has 4 rings (SSSR count). The number of benzene rings is 1. The number of nitrogens with one attached hydrogen (secondary N) is 3. The van der Waals surface area contributed by atoms with Crippen molar-refractivity contribution in [1.29, 1.82) is 0 Å².